The van der Waals surface area contributed by atoms with Crippen LogP contribution < -0.4 is 15.5 Å². The predicted molar refractivity (Wildman–Crippen MR) is 96.0 cm³/mol. The van der Waals surface area contributed by atoms with Gasteiger partial charge in [0.1, 0.15) is 5.82 Å². The number of rotatable bonds is 7. The van der Waals surface area contributed by atoms with Crippen molar-refractivity contribution in [2.75, 3.05) is 30.8 Å². The summed E-state index contributed by atoms with van der Waals surface area (Å²) in [5.41, 5.74) is 1.89. The van der Waals surface area contributed by atoms with Crippen LogP contribution in [0.2, 0.25) is 0 Å². The molecule has 26 heavy (non-hydrogen) atoms. The molecule has 2 amide bonds. The number of hydrogen-bond donors (Lipinski definition) is 3. The third-order valence-electron chi connectivity index (χ3n) is 3.55. The van der Waals surface area contributed by atoms with Crippen molar-refractivity contribution < 1.29 is 18.9 Å². The van der Waals surface area contributed by atoms with E-state index >= 15 is 0 Å². The predicted octanol–water partition coefficient (Wildman–Crippen LogP) is 0.984. The van der Waals surface area contributed by atoms with Crippen molar-refractivity contribution in [1.29, 1.82) is 5.26 Å². The van der Waals surface area contributed by atoms with Crippen molar-refractivity contribution in [3.8, 4) is 6.07 Å². The maximum absolute atomic E-state index is 13.1. The summed E-state index contributed by atoms with van der Waals surface area (Å²) in [5.74, 6) is -0.959. The second kappa shape index (κ2) is 9.30. The fraction of sp³-hybridized carbons (Fsp3) is 0.211. The first-order chi connectivity index (χ1) is 12.5. The molecule has 0 saturated heterocycles. The molecule has 2 rings (SSSR count). The van der Waals surface area contributed by atoms with E-state index in [4.69, 9.17) is 5.26 Å². The Morgan fingerprint density at radius 1 is 1.04 bits per heavy atom. The third-order valence-corrected chi connectivity index (χ3v) is 3.55. The van der Waals surface area contributed by atoms with Crippen molar-refractivity contribution in [2.24, 2.45) is 0 Å². The molecule has 0 aliphatic rings. The first-order valence-corrected chi connectivity index (χ1v) is 8.08. The molecule has 1 atom stereocenters. The van der Waals surface area contributed by atoms with Gasteiger partial charge < -0.3 is 15.5 Å². The largest absolute Gasteiger partial charge is 0.322 e. The van der Waals surface area contributed by atoms with Crippen LogP contribution in [0.1, 0.15) is 5.56 Å². The van der Waals surface area contributed by atoms with Gasteiger partial charge in [-0.25, -0.2) is 4.39 Å². The molecule has 0 bridgehead atoms. The molecule has 2 aromatic carbocycles. The Balaban J connectivity index is 1.79. The van der Waals surface area contributed by atoms with Crippen molar-refractivity contribution in [1.82, 2.24) is 0 Å². The lowest BCUT2D eigenvalue weighted by atomic mass is 10.1. The van der Waals surface area contributed by atoms with E-state index in [1.807, 2.05) is 0 Å². The Kier molecular flexibility index (Phi) is 6.83. The molecular formula is C19H20FN4O2+. The zero-order chi connectivity index (χ0) is 18.9. The van der Waals surface area contributed by atoms with E-state index in [9.17, 15) is 14.0 Å². The molecule has 3 N–H and O–H groups in total. The molecule has 0 aliphatic carbocycles. The number of halogens is 1. The molecule has 0 aromatic heterocycles. The van der Waals surface area contributed by atoms with Gasteiger partial charge in [-0.3, -0.25) is 9.59 Å². The number of likely N-dealkylation sites (N-methyl/N-ethyl adjacent to an activating group) is 1. The maximum atomic E-state index is 13.1. The van der Waals surface area contributed by atoms with Crippen molar-refractivity contribution in [3.05, 3.63) is 59.9 Å². The zero-order valence-electron chi connectivity index (χ0n) is 14.4. The fourth-order valence-electron chi connectivity index (χ4n) is 2.38. The highest BCUT2D eigenvalue weighted by Crippen LogP contribution is 2.10. The standard InChI is InChI=1S/C19H19FN4O2/c1-24(13-19(26)23-17-4-2-3-15(20)11-17)12-18(25)22-16-7-5-14(6-8-16)9-10-21/h2-8,11H,9,12-13H2,1H3,(H,22,25)(H,23,26)/p+1. The SMILES string of the molecule is C[NH+](CC(=O)Nc1ccc(CC#N)cc1)CC(=O)Nc1cccc(F)c1. The van der Waals surface area contributed by atoms with Crippen molar-refractivity contribution in [2.45, 2.75) is 6.42 Å². The van der Waals surface area contributed by atoms with Gasteiger partial charge in [0.15, 0.2) is 13.1 Å². The number of nitrogens with one attached hydrogen (secondary N) is 3. The van der Waals surface area contributed by atoms with Crippen LogP contribution in [-0.4, -0.2) is 32.0 Å². The summed E-state index contributed by atoms with van der Waals surface area (Å²) in [5, 5.41) is 14.0. The summed E-state index contributed by atoms with van der Waals surface area (Å²) in [6.45, 7) is 0.182. The zero-order valence-corrected chi connectivity index (χ0v) is 14.4. The number of benzene rings is 2. The highest BCUT2D eigenvalue weighted by atomic mass is 19.1. The summed E-state index contributed by atoms with van der Waals surface area (Å²) >= 11 is 0. The van der Waals surface area contributed by atoms with Gasteiger partial charge in [-0.15, -0.1) is 0 Å². The number of nitriles is 1. The highest BCUT2D eigenvalue weighted by molar-refractivity contribution is 5.93. The van der Waals surface area contributed by atoms with E-state index in [-0.39, 0.29) is 24.9 Å². The van der Waals surface area contributed by atoms with Crippen LogP contribution in [-0.2, 0) is 16.0 Å². The average Bonchev–Trinajstić information content (AvgIpc) is 2.56. The van der Waals surface area contributed by atoms with Crippen LogP contribution >= 0.6 is 0 Å². The monoisotopic (exact) mass is 355 g/mol. The minimum absolute atomic E-state index is 0.0744. The van der Waals surface area contributed by atoms with Crippen LogP contribution in [0.5, 0.6) is 0 Å². The van der Waals surface area contributed by atoms with Gasteiger partial charge in [-0.1, -0.05) is 18.2 Å². The fourth-order valence-corrected chi connectivity index (χ4v) is 2.38. The van der Waals surface area contributed by atoms with Gasteiger partial charge >= 0.3 is 0 Å². The molecule has 1 unspecified atom stereocenters. The van der Waals surface area contributed by atoms with Gasteiger partial charge in [-0.05, 0) is 35.9 Å². The lowest BCUT2D eigenvalue weighted by Gasteiger charge is -2.14. The van der Waals surface area contributed by atoms with Gasteiger partial charge in [0.25, 0.3) is 11.8 Å². The smallest absolute Gasteiger partial charge is 0.279 e. The van der Waals surface area contributed by atoms with Crippen LogP contribution in [0.4, 0.5) is 15.8 Å². The third kappa shape index (κ3) is 6.34. The Morgan fingerprint density at radius 2 is 1.65 bits per heavy atom. The van der Waals surface area contributed by atoms with Crippen molar-refractivity contribution in [3.63, 3.8) is 0 Å². The molecule has 6 nitrogen and oxygen atoms in total. The van der Waals surface area contributed by atoms with Gasteiger partial charge in [-0.2, -0.15) is 5.26 Å². The second-order valence-corrected chi connectivity index (χ2v) is 5.95. The lowest BCUT2D eigenvalue weighted by molar-refractivity contribution is -0.862. The Morgan fingerprint density at radius 3 is 2.23 bits per heavy atom. The van der Waals surface area contributed by atoms with Crippen LogP contribution in [0.25, 0.3) is 0 Å². The minimum atomic E-state index is -0.427. The molecule has 0 heterocycles. The molecule has 134 valence electrons. The maximum Gasteiger partial charge on any atom is 0.279 e. The minimum Gasteiger partial charge on any atom is -0.322 e. The van der Waals surface area contributed by atoms with E-state index < -0.39 is 5.82 Å². The number of nitrogens with zero attached hydrogens (tertiary/aromatic N) is 1. The number of amides is 2. The van der Waals surface area contributed by atoms with E-state index in [2.05, 4.69) is 16.7 Å². The number of carbonyl (C=O) groups excluding carboxylic acids is 2. The summed E-state index contributed by atoms with van der Waals surface area (Å²) in [6, 6.07) is 14.7. The first kappa shape index (κ1) is 19.1. The molecule has 0 aliphatic heterocycles. The van der Waals surface area contributed by atoms with Crippen LogP contribution in [0.3, 0.4) is 0 Å². The molecule has 0 radical (unpaired) electrons. The normalized spacial score (nSPS) is 11.3. The summed E-state index contributed by atoms with van der Waals surface area (Å²) in [6.07, 6.45) is 0.321. The van der Waals surface area contributed by atoms with E-state index in [1.165, 1.54) is 18.2 Å². The second-order valence-electron chi connectivity index (χ2n) is 5.95. The average molecular weight is 355 g/mol. The quantitative estimate of drug-likeness (QED) is 0.692. The topological polar surface area (TPSA) is 86.4 Å². The number of hydrogen-bond acceptors (Lipinski definition) is 3. The molecule has 2 aromatic rings. The van der Waals surface area contributed by atoms with Gasteiger partial charge in [0, 0.05) is 11.4 Å². The molecule has 0 saturated carbocycles. The summed E-state index contributed by atoms with van der Waals surface area (Å²) in [4.78, 5) is 24.7. The highest BCUT2D eigenvalue weighted by Gasteiger charge is 2.14. The molecule has 0 fully saturated rings. The Hall–Kier alpha value is -3.24. The van der Waals surface area contributed by atoms with E-state index in [1.54, 1.807) is 37.4 Å². The van der Waals surface area contributed by atoms with Crippen LogP contribution in [0, 0.1) is 17.1 Å². The van der Waals surface area contributed by atoms with Crippen molar-refractivity contribution >= 4 is 23.2 Å². The van der Waals surface area contributed by atoms with E-state index in [0.29, 0.717) is 22.7 Å². The number of quaternary nitrogens is 1. The number of carbonyl (C=O) groups is 2. The Bertz CT molecular complexity index is 815. The molecule has 0 spiro atoms. The molecule has 7 heteroatoms. The number of anilines is 2. The van der Waals surface area contributed by atoms with Gasteiger partial charge in [0.05, 0.1) is 19.5 Å². The van der Waals surface area contributed by atoms with Crippen LogP contribution in [0.15, 0.2) is 48.5 Å². The van der Waals surface area contributed by atoms with E-state index in [0.717, 1.165) is 5.56 Å². The lowest BCUT2D eigenvalue weighted by Crippen LogP contribution is -3.11. The summed E-state index contributed by atoms with van der Waals surface area (Å²) < 4.78 is 13.1. The molecular weight excluding hydrogens is 335 g/mol. The first-order valence-electron chi connectivity index (χ1n) is 8.08. The van der Waals surface area contributed by atoms with Gasteiger partial charge in [0.2, 0.25) is 0 Å². The Labute approximate surface area is 151 Å². The summed E-state index contributed by atoms with van der Waals surface area (Å²) in [7, 11) is 1.72.